The second-order valence-electron chi connectivity index (χ2n) is 7.16. The number of thioether (sulfide) groups is 1. The first-order valence-electron chi connectivity index (χ1n) is 9.77. The number of amides is 1. The first-order chi connectivity index (χ1) is 15.4. The van der Waals surface area contributed by atoms with Gasteiger partial charge in [0.15, 0.2) is 0 Å². The molecule has 3 aromatic carbocycles. The molecule has 2 N–H and O–H groups in total. The number of aromatic carboxylic acids is 1. The SMILES string of the molecule is CSc1cc(C(=O)O)ccc1NC(=O)c1c(C)c(-c2ccccc2)nc2ccc(Br)cc12. The number of halogens is 1. The number of carbonyl (C=O) groups is 2. The molecule has 7 heteroatoms. The van der Waals surface area contributed by atoms with Crippen molar-refractivity contribution in [2.75, 3.05) is 11.6 Å². The Kier molecular flexibility index (Phi) is 6.30. The lowest BCUT2D eigenvalue weighted by Crippen LogP contribution is -2.16. The third kappa shape index (κ3) is 4.26. The average molecular weight is 507 g/mol. The van der Waals surface area contributed by atoms with Gasteiger partial charge in [0.25, 0.3) is 5.91 Å². The molecular weight excluding hydrogens is 488 g/mol. The van der Waals surface area contributed by atoms with Gasteiger partial charge in [0.1, 0.15) is 0 Å². The summed E-state index contributed by atoms with van der Waals surface area (Å²) in [6, 6.07) is 20.1. The summed E-state index contributed by atoms with van der Waals surface area (Å²) >= 11 is 4.87. The first-order valence-corrected chi connectivity index (χ1v) is 11.8. The molecule has 0 atom stereocenters. The predicted octanol–water partition coefficient (Wildman–Crippen LogP) is 6.65. The molecule has 0 unspecified atom stereocenters. The van der Waals surface area contributed by atoms with Gasteiger partial charge in [-0.3, -0.25) is 4.79 Å². The molecule has 0 spiro atoms. The van der Waals surface area contributed by atoms with Crippen LogP contribution in [-0.2, 0) is 0 Å². The summed E-state index contributed by atoms with van der Waals surface area (Å²) in [7, 11) is 0. The van der Waals surface area contributed by atoms with Gasteiger partial charge in [-0.15, -0.1) is 11.8 Å². The van der Waals surface area contributed by atoms with Gasteiger partial charge in [-0.2, -0.15) is 0 Å². The van der Waals surface area contributed by atoms with Crippen LogP contribution in [0.4, 0.5) is 5.69 Å². The minimum atomic E-state index is -1.01. The van der Waals surface area contributed by atoms with Crippen molar-refractivity contribution < 1.29 is 14.7 Å². The summed E-state index contributed by atoms with van der Waals surface area (Å²) in [6.07, 6.45) is 1.84. The van der Waals surface area contributed by atoms with E-state index in [2.05, 4.69) is 21.2 Å². The van der Waals surface area contributed by atoms with Gasteiger partial charge in [0.2, 0.25) is 0 Å². The van der Waals surface area contributed by atoms with Crippen molar-refractivity contribution in [1.82, 2.24) is 4.98 Å². The van der Waals surface area contributed by atoms with E-state index in [0.717, 1.165) is 26.7 Å². The summed E-state index contributed by atoms with van der Waals surface area (Å²) < 4.78 is 0.850. The molecule has 0 bridgehead atoms. The van der Waals surface area contributed by atoms with Gasteiger partial charge in [0.05, 0.1) is 28.0 Å². The molecule has 0 radical (unpaired) electrons. The molecule has 1 amide bonds. The molecule has 0 saturated heterocycles. The summed E-state index contributed by atoms with van der Waals surface area (Å²) in [5.74, 6) is -1.28. The van der Waals surface area contributed by atoms with Crippen LogP contribution in [0.15, 0.2) is 76.1 Å². The van der Waals surface area contributed by atoms with E-state index in [1.165, 1.54) is 17.8 Å². The highest BCUT2D eigenvalue weighted by atomic mass is 79.9. The fourth-order valence-corrected chi connectivity index (χ4v) is 4.56. The van der Waals surface area contributed by atoms with Gasteiger partial charge < -0.3 is 10.4 Å². The Morgan fingerprint density at radius 1 is 1.03 bits per heavy atom. The number of benzene rings is 3. The van der Waals surface area contributed by atoms with Crippen LogP contribution in [0.3, 0.4) is 0 Å². The van der Waals surface area contributed by atoms with Crippen LogP contribution in [0.1, 0.15) is 26.3 Å². The maximum Gasteiger partial charge on any atom is 0.335 e. The Hall–Kier alpha value is -3.16. The lowest BCUT2D eigenvalue weighted by Gasteiger charge is -2.16. The maximum absolute atomic E-state index is 13.6. The zero-order valence-electron chi connectivity index (χ0n) is 17.3. The average Bonchev–Trinajstić information content (AvgIpc) is 2.79. The Bertz CT molecular complexity index is 1360. The number of carbonyl (C=O) groups excluding carboxylic acids is 1. The maximum atomic E-state index is 13.6. The zero-order valence-corrected chi connectivity index (χ0v) is 19.8. The van der Waals surface area contributed by atoms with Crippen LogP contribution in [0.5, 0.6) is 0 Å². The van der Waals surface area contributed by atoms with E-state index in [0.29, 0.717) is 21.7 Å². The van der Waals surface area contributed by atoms with E-state index in [1.807, 2.05) is 61.7 Å². The number of anilines is 1. The summed E-state index contributed by atoms with van der Waals surface area (Å²) in [4.78, 5) is 30.4. The van der Waals surface area contributed by atoms with Crippen LogP contribution in [0, 0.1) is 6.92 Å². The number of nitrogens with zero attached hydrogens (tertiary/aromatic N) is 1. The highest BCUT2D eigenvalue weighted by Crippen LogP contribution is 2.33. The van der Waals surface area contributed by atoms with Gasteiger partial charge in [-0.05, 0) is 55.1 Å². The van der Waals surface area contributed by atoms with Crippen LogP contribution >= 0.6 is 27.7 Å². The highest BCUT2D eigenvalue weighted by molar-refractivity contribution is 9.10. The first kappa shape index (κ1) is 22.0. The van der Waals surface area contributed by atoms with E-state index < -0.39 is 5.97 Å². The number of hydrogen-bond donors (Lipinski definition) is 2. The number of pyridine rings is 1. The predicted molar refractivity (Wildman–Crippen MR) is 133 cm³/mol. The molecule has 0 aliphatic rings. The third-order valence-corrected chi connectivity index (χ3v) is 6.43. The van der Waals surface area contributed by atoms with Gasteiger partial charge in [0, 0.05) is 20.3 Å². The normalized spacial score (nSPS) is 10.8. The molecule has 4 rings (SSSR count). The Morgan fingerprint density at radius 3 is 2.47 bits per heavy atom. The van der Waals surface area contributed by atoms with Crippen molar-refractivity contribution in [3.8, 4) is 11.3 Å². The van der Waals surface area contributed by atoms with Crippen molar-refractivity contribution in [2.45, 2.75) is 11.8 Å². The fourth-order valence-electron chi connectivity index (χ4n) is 3.61. The molecule has 0 saturated carbocycles. The van der Waals surface area contributed by atoms with Crippen molar-refractivity contribution in [1.29, 1.82) is 0 Å². The Balaban J connectivity index is 1.86. The monoisotopic (exact) mass is 506 g/mol. The largest absolute Gasteiger partial charge is 0.478 e. The molecule has 0 aliphatic carbocycles. The lowest BCUT2D eigenvalue weighted by molar-refractivity contribution is 0.0696. The molecule has 160 valence electrons. The van der Waals surface area contributed by atoms with Crippen molar-refractivity contribution >= 4 is 56.2 Å². The van der Waals surface area contributed by atoms with E-state index in [1.54, 1.807) is 12.1 Å². The van der Waals surface area contributed by atoms with E-state index in [4.69, 9.17) is 4.98 Å². The molecular formula is C25H19BrN2O3S. The summed E-state index contributed by atoms with van der Waals surface area (Å²) in [6.45, 7) is 1.90. The minimum absolute atomic E-state index is 0.174. The molecule has 0 aliphatic heterocycles. The van der Waals surface area contributed by atoms with Gasteiger partial charge >= 0.3 is 5.97 Å². The number of hydrogen-bond acceptors (Lipinski definition) is 4. The Morgan fingerprint density at radius 2 is 1.78 bits per heavy atom. The van der Waals surface area contributed by atoms with Gasteiger partial charge in [-0.1, -0.05) is 46.3 Å². The van der Waals surface area contributed by atoms with E-state index >= 15 is 0 Å². The van der Waals surface area contributed by atoms with Gasteiger partial charge in [-0.25, -0.2) is 9.78 Å². The second-order valence-corrected chi connectivity index (χ2v) is 8.93. The number of carboxylic acids is 1. The van der Waals surface area contributed by atoms with Crippen LogP contribution in [0.25, 0.3) is 22.2 Å². The number of carboxylic acid groups (broad SMARTS) is 1. The molecule has 5 nitrogen and oxygen atoms in total. The minimum Gasteiger partial charge on any atom is -0.478 e. The Labute approximate surface area is 198 Å². The molecule has 1 aromatic heterocycles. The molecule has 4 aromatic rings. The molecule has 32 heavy (non-hydrogen) atoms. The molecule has 1 heterocycles. The zero-order chi connectivity index (χ0) is 22.8. The van der Waals surface area contributed by atoms with E-state index in [9.17, 15) is 14.7 Å². The van der Waals surface area contributed by atoms with Crippen LogP contribution in [0.2, 0.25) is 0 Å². The summed E-state index contributed by atoms with van der Waals surface area (Å²) in [5.41, 5.74) is 4.43. The number of nitrogens with one attached hydrogen (secondary N) is 1. The number of fused-ring (bicyclic) bond motifs is 1. The third-order valence-electron chi connectivity index (χ3n) is 5.16. The smallest absolute Gasteiger partial charge is 0.335 e. The lowest BCUT2D eigenvalue weighted by atomic mass is 9.97. The topological polar surface area (TPSA) is 79.3 Å². The highest BCUT2D eigenvalue weighted by Gasteiger charge is 2.20. The summed E-state index contributed by atoms with van der Waals surface area (Å²) in [5, 5.41) is 13.0. The van der Waals surface area contributed by atoms with Crippen LogP contribution in [-0.4, -0.2) is 28.2 Å². The number of aromatic nitrogens is 1. The fraction of sp³-hybridized carbons (Fsp3) is 0.0800. The quantitative estimate of drug-likeness (QED) is 0.296. The second kappa shape index (κ2) is 9.14. The van der Waals surface area contributed by atoms with Crippen molar-refractivity contribution in [3.63, 3.8) is 0 Å². The van der Waals surface area contributed by atoms with Crippen molar-refractivity contribution in [3.05, 3.63) is 87.9 Å². The number of rotatable bonds is 5. The molecule has 0 fully saturated rings. The van der Waals surface area contributed by atoms with Crippen LogP contribution < -0.4 is 5.32 Å². The van der Waals surface area contributed by atoms with E-state index in [-0.39, 0.29) is 11.5 Å². The standard InChI is InChI=1S/C25H19BrN2O3S/c1-14-22(24(29)28-20-10-8-16(25(30)31)12-21(20)32-2)18-13-17(26)9-11-19(18)27-23(14)15-6-4-3-5-7-15/h3-13H,1-2H3,(H,28,29)(H,30,31). The van der Waals surface area contributed by atoms with Crippen molar-refractivity contribution in [2.24, 2.45) is 0 Å².